The standard InChI is InChI=1S/C15H27N5/c1-4-13-14(5-2)18-19-15(17-13)20-9-7-8-12(11-20)10-16-6-3/h12,16H,4-11H2,1-3H3. The summed E-state index contributed by atoms with van der Waals surface area (Å²) in [5.74, 6) is 1.52. The van der Waals surface area contributed by atoms with Crippen molar-refractivity contribution in [2.45, 2.75) is 46.5 Å². The molecular formula is C15H27N5. The third-order valence-electron chi connectivity index (χ3n) is 3.98. The largest absolute Gasteiger partial charge is 0.339 e. The van der Waals surface area contributed by atoms with Crippen LogP contribution in [0.2, 0.25) is 0 Å². The van der Waals surface area contributed by atoms with Gasteiger partial charge in [-0.15, -0.1) is 5.10 Å². The van der Waals surface area contributed by atoms with E-state index in [1.54, 1.807) is 0 Å². The molecule has 1 aliphatic rings. The zero-order valence-electron chi connectivity index (χ0n) is 13.0. The minimum absolute atomic E-state index is 0.697. The van der Waals surface area contributed by atoms with E-state index in [4.69, 9.17) is 4.98 Å². The number of nitrogens with zero attached hydrogens (tertiary/aromatic N) is 4. The number of rotatable bonds is 6. The van der Waals surface area contributed by atoms with Crippen LogP contribution in [-0.4, -0.2) is 41.4 Å². The van der Waals surface area contributed by atoms with Crippen molar-refractivity contribution >= 4 is 5.95 Å². The number of piperidine rings is 1. The van der Waals surface area contributed by atoms with Crippen molar-refractivity contribution in [1.82, 2.24) is 20.5 Å². The molecule has 0 amide bonds. The maximum absolute atomic E-state index is 4.73. The second-order valence-corrected chi connectivity index (χ2v) is 5.47. The quantitative estimate of drug-likeness (QED) is 0.859. The Labute approximate surface area is 122 Å². The van der Waals surface area contributed by atoms with Gasteiger partial charge in [0.2, 0.25) is 5.95 Å². The molecular weight excluding hydrogens is 250 g/mol. The van der Waals surface area contributed by atoms with Crippen LogP contribution in [0.3, 0.4) is 0 Å². The van der Waals surface area contributed by atoms with E-state index in [9.17, 15) is 0 Å². The van der Waals surface area contributed by atoms with Crippen LogP contribution in [0.1, 0.15) is 45.0 Å². The van der Waals surface area contributed by atoms with Crippen LogP contribution in [0.4, 0.5) is 5.95 Å². The molecule has 20 heavy (non-hydrogen) atoms. The van der Waals surface area contributed by atoms with Crippen LogP contribution in [-0.2, 0) is 12.8 Å². The van der Waals surface area contributed by atoms with Crippen molar-refractivity contribution in [2.24, 2.45) is 5.92 Å². The lowest BCUT2D eigenvalue weighted by molar-refractivity contribution is 0.391. The number of hydrogen-bond donors (Lipinski definition) is 1. The normalized spacial score (nSPS) is 19.4. The molecule has 1 atom stereocenters. The van der Waals surface area contributed by atoms with Gasteiger partial charge in [0.05, 0.1) is 11.4 Å². The van der Waals surface area contributed by atoms with Gasteiger partial charge in [-0.25, -0.2) is 4.98 Å². The second-order valence-electron chi connectivity index (χ2n) is 5.47. The first kappa shape index (κ1) is 15.2. The summed E-state index contributed by atoms with van der Waals surface area (Å²) < 4.78 is 0. The van der Waals surface area contributed by atoms with Crippen molar-refractivity contribution in [3.05, 3.63) is 11.4 Å². The van der Waals surface area contributed by atoms with Gasteiger partial charge >= 0.3 is 0 Å². The summed E-state index contributed by atoms with van der Waals surface area (Å²) in [4.78, 5) is 7.04. The highest BCUT2D eigenvalue weighted by Crippen LogP contribution is 2.20. The lowest BCUT2D eigenvalue weighted by Crippen LogP contribution is -2.40. The number of aryl methyl sites for hydroxylation is 2. The Morgan fingerprint density at radius 1 is 1.15 bits per heavy atom. The molecule has 0 radical (unpaired) electrons. The Kier molecular flexibility index (Phi) is 5.71. The molecule has 112 valence electrons. The van der Waals surface area contributed by atoms with E-state index in [1.165, 1.54) is 12.8 Å². The molecule has 0 bridgehead atoms. The summed E-state index contributed by atoms with van der Waals surface area (Å²) in [7, 11) is 0. The van der Waals surface area contributed by atoms with E-state index in [0.29, 0.717) is 5.92 Å². The molecule has 1 aromatic heterocycles. The van der Waals surface area contributed by atoms with Gasteiger partial charge in [0.15, 0.2) is 0 Å². The molecule has 1 fully saturated rings. The third-order valence-corrected chi connectivity index (χ3v) is 3.98. The maximum atomic E-state index is 4.73. The summed E-state index contributed by atoms with van der Waals surface area (Å²) in [5.41, 5.74) is 2.14. The average molecular weight is 277 g/mol. The summed E-state index contributed by atoms with van der Waals surface area (Å²) in [5, 5.41) is 12.1. The number of aromatic nitrogens is 3. The number of hydrogen-bond acceptors (Lipinski definition) is 5. The molecule has 5 heteroatoms. The highest BCUT2D eigenvalue weighted by Gasteiger charge is 2.22. The van der Waals surface area contributed by atoms with Crippen molar-refractivity contribution in [2.75, 3.05) is 31.1 Å². The van der Waals surface area contributed by atoms with Crippen LogP contribution >= 0.6 is 0 Å². The summed E-state index contributed by atoms with van der Waals surface area (Å²) in [6, 6.07) is 0. The maximum Gasteiger partial charge on any atom is 0.245 e. The van der Waals surface area contributed by atoms with Gasteiger partial charge in [-0.2, -0.15) is 5.10 Å². The Morgan fingerprint density at radius 3 is 2.65 bits per heavy atom. The van der Waals surface area contributed by atoms with Crippen molar-refractivity contribution < 1.29 is 0 Å². The minimum Gasteiger partial charge on any atom is -0.339 e. The van der Waals surface area contributed by atoms with E-state index < -0.39 is 0 Å². The number of anilines is 1. The fraction of sp³-hybridized carbons (Fsp3) is 0.800. The molecule has 0 aromatic carbocycles. The molecule has 1 unspecified atom stereocenters. The van der Waals surface area contributed by atoms with Crippen LogP contribution in [0.15, 0.2) is 0 Å². The minimum atomic E-state index is 0.697. The molecule has 5 nitrogen and oxygen atoms in total. The van der Waals surface area contributed by atoms with E-state index in [0.717, 1.165) is 56.4 Å². The Hall–Kier alpha value is -1.23. The van der Waals surface area contributed by atoms with Crippen molar-refractivity contribution in [3.8, 4) is 0 Å². The highest BCUT2D eigenvalue weighted by molar-refractivity contribution is 5.31. The summed E-state index contributed by atoms with van der Waals surface area (Å²) >= 11 is 0. The first-order valence-electron chi connectivity index (χ1n) is 7.96. The van der Waals surface area contributed by atoms with Crippen LogP contribution in [0.5, 0.6) is 0 Å². The first-order chi connectivity index (χ1) is 9.78. The average Bonchev–Trinajstić information content (AvgIpc) is 2.52. The lowest BCUT2D eigenvalue weighted by atomic mass is 9.98. The molecule has 1 aromatic rings. The fourth-order valence-corrected chi connectivity index (χ4v) is 2.82. The van der Waals surface area contributed by atoms with E-state index in [-0.39, 0.29) is 0 Å². The molecule has 2 heterocycles. The van der Waals surface area contributed by atoms with Gasteiger partial charge in [-0.3, -0.25) is 0 Å². The van der Waals surface area contributed by atoms with Gasteiger partial charge in [0.25, 0.3) is 0 Å². The molecule has 1 N–H and O–H groups in total. The topological polar surface area (TPSA) is 53.9 Å². The number of nitrogens with one attached hydrogen (secondary N) is 1. The van der Waals surface area contributed by atoms with E-state index in [1.807, 2.05) is 0 Å². The Balaban J connectivity index is 2.06. The van der Waals surface area contributed by atoms with Gasteiger partial charge in [-0.05, 0) is 44.7 Å². The zero-order chi connectivity index (χ0) is 14.4. The predicted molar refractivity (Wildman–Crippen MR) is 82.1 cm³/mol. The van der Waals surface area contributed by atoms with Gasteiger partial charge in [-0.1, -0.05) is 20.8 Å². The Bertz CT molecular complexity index is 421. The third kappa shape index (κ3) is 3.66. The van der Waals surface area contributed by atoms with Crippen molar-refractivity contribution in [1.29, 1.82) is 0 Å². The summed E-state index contributed by atoms with van der Waals surface area (Å²) in [6.07, 6.45) is 4.36. The molecule has 1 aliphatic heterocycles. The molecule has 0 aliphatic carbocycles. The Morgan fingerprint density at radius 2 is 1.95 bits per heavy atom. The molecule has 0 spiro atoms. The molecule has 0 saturated carbocycles. The fourth-order valence-electron chi connectivity index (χ4n) is 2.82. The van der Waals surface area contributed by atoms with Gasteiger partial charge < -0.3 is 10.2 Å². The molecule has 1 saturated heterocycles. The van der Waals surface area contributed by atoms with Crippen molar-refractivity contribution in [3.63, 3.8) is 0 Å². The SMILES string of the molecule is CCNCC1CCCN(c2nnc(CC)c(CC)n2)C1. The van der Waals surface area contributed by atoms with E-state index >= 15 is 0 Å². The first-order valence-corrected chi connectivity index (χ1v) is 7.96. The van der Waals surface area contributed by atoms with Crippen LogP contribution < -0.4 is 10.2 Å². The van der Waals surface area contributed by atoms with Gasteiger partial charge in [0.1, 0.15) is 0 Å². The highest BCUT2D eigenvalue weighted by atomic mass is 15.3. The van der Waals surface area contributed by atoms with Crippen LogP contribution in [0, 0.1) is 5.92 Å². The van der Waals surface area contributed by atoms with E-state index in [2.05, 4.69) is 41.2 Å². The zero-order valence-corrected chi connectivity index (χ0v) is 13.0. The lowest BCUT2D eigenvalue weighted by Gasteiger charge is -2.32. The monoisotopic (exact) mass is 277 g/mol. The predicted octanol–water partition coefficient (Wildman–Crippen LogP) is 1.82. The van der Waals surface area contributed by atoms with Crippen LogP contribution in [0.25, 0.3) is 0 Å². The van der Waals surface area contributed by atoms with Gasteiger partial charge in [0, 0.05) is 13.1 Å². The smallest absolute Gasteiger partial charge is 0.245 e. The molecule has 2 rings (SSSR count). The summed E-state index contributed by atoms with van der Waals surface area (Å²) in [6.45, 7) is 10.6. The second kappa shape index (κ2) is 7.53.